The second-order valence-corrected chi connectivity index (χ2v) is 14.7. The Labute approximate surface area is 306 Å². The van der Waals surface area contributed by atoms with Crippen molar-refractivity contribution in [2.24, 2.45) is 0 Å². The Balaban J connectivity index is 1.18. The zero-order chi connectivity index (χ0) is 34.2. The fourth-order valence-electron chi connectivity index (χ4n) is 8.79. The third-order valence-electron chi connectivity index (χ3n) is 10.9. The molecule has 2 nitrogen and oxygen atoms in total. The van der Waals surface area contributed by atoms with Gasteiger partial charge in [-0.1, -0.05) is 151 Å². The number of hydrogen-bond acceptors (Lipinski definition) is 3. The Kier molecular flexibility index (Phi) is 6.43. The molecule has 1 aliphatic heterocycles. The first kappa shape index (κ1) is 29.4. The molecule has 3 heteroatoms. The molecule has 1 aliphatic carbocycles. The highest BCUT2D eigenvalue weighted by Crippen LogP contribution is 2.62. The molecule has 0 bridgehead atoms. The van der Waals surface area contributed by atoms with Gasteiger partial charge in [0.2, 0.25) is 0 Å². The summed E-state index contributed by atoms with van der Waals surface area (Å²) in [7, 11) is 0. The van der Waals surface area contributed by atoms with Gasteiger partial charge in [0.1, 0.15) is 11.2 Å². The topological polar surface area (TPSA) is 16.4 Å². The molecule has 244 valence electrons. The number of benzene rings is 8. The van der Waals surface area contributed by atoms with E-state index < -0.39 is 5.41 Å². The van der Waals surface area contributed by atoms with Crippen LogP contribution in [0.15, 0.2) is 202 Å². The average molecular weight is 682 g/mol. The zero-order valence-corrected chi connectivity index (χ0v) is 29.0. The summed E-state index contributed by atoms with van der Waals surface area (Å²) in [4.78, 5) is 4.96. The molecule has 52 heavy (non-hydrogen) atoms. The Morgan fingerprint density at radius 2 is 1.02 bits per heavy atom. The predicted molar refractivity (Wildman–Crippen MR) is 215 cm³/mol. The Hall–Kier alpha value is -6.29. The Morgan fingerprint density at radius 3 is 1.79 bits per heavy atom. The van der Waals surface area contributed by atoms with E-state index in [-0.39, 0.29) is 0 Å². The van der Waals surface area contributed by atoms with Crippen molar-refractivity contribution in [3.63, 3.8) is 0 Å². The fourth-order valence-corrected chi connectivity index (χ4v) is 10.0. The smallest absolute Gasteiger partial charge is 0.143 e. The highest BCUT2D eigenvalue weighted by molar-refractivity contribution is 7.99. The summed E-state index contributed by atoms with van der Waals surface area (Å²) in [6.45, 7) is 0. The van der Waals surface area contributed by atoms with Crippen molar-refractivity contribution < 1.29 is 4.42 Å². The van der Waals surface area contributed by atoms with E-state index in [0.717, 1.165) is 50.1 Å². The molecule has 0 fully saturated rings. The summed E-state index contributed by atoms with van der Waals surface area (Å²) in [5, 5.41) is 2.22. The minimum absolute atomic E-state index is 0.407. The molecule has 0 N–H and O–H groups in total. The van der Waals surface area contributed by atoms with E-state index in [2.05, 4.69) is 187 Å². The van der Waals surface area contributed by atoms with Crippen LogP contribution >= 0.6 is 11.8 Å². The van der Waals surface area contributed by atoms with Gasteiger partial charge in [-0.2, -0.15) is 0 Å². The fraction of sp³-hybridized carbons (Fsp3) is 0.0204. The van der Waals surface area contributed by atoms with Crippen molar-refractivity contribution in [1.29, 1.82) is 0 Å². The van der Waals surface area contributed by atoms with Gasteiger partial charge in [0, 0.05) is 43.2 Å². The van der Waals surface area contributed by atoms with Gasteiger partial charge in [-0.15, -0.1) is 0 Å². The van der Waals surface area contributed by atoms with Crippen LogP contribution in [0.5, 0.6) is 0 Å². The van der Waals surface area contributed by atoms with Gasteiger partial charge in [0.05, 0.1) is 5.41 Å². The first-order valence-corrected chi connectivity index (χ1v) is 18.6. The van der Waals surface area contributed by atoms with Crippen LogP contribution in [-0.2, 0) is 5.41 Å². The minimum atomic E-state index is -0.407. The van der Waals surface area contributed by atoms with Crippen molar-refractivity contribution in [1.82, 2.24) is 0 Å². The van der Waals surface area contributed by atoms with Crippen molar-refractivity contribution in [3.8, 4) is 22.3 Å². The molecule has 0 amide bonds. The van der Waals surface area contributed by atoms with Crippen molar-refractivity contribution >= 4 is 50.8 Å². The number of hydrogen-bond donors (Lipinski definition) is 0. The van der Waals surface area contributed by atoms with Crippen LogP contribution in [0.4, 0.5) is 17.1 Å². The van der Waals surface area contributed by atoms with Gasteiger partial charge >= 0.3 is 0 Å². The van der Waals surface area contributed by atoms with Gasteiger partial charge < -0.3 is 9.32 Å². The summed E-state index contributed by atoms with van der Waals surface area (Å²) in [6.07, 6.45) is 0. The number of furan rings is 1. The van der Waals surface area contributed by atoms with Crippen LogP contribution in [0.3, 0.4) is 0 Å². The van der Waals surface area contributed by atoms with E-state index in [0.29, 0.717) is 0 Å². The maximum Gasteiger partial charge on any atom is 0.143 e. The van der Waals surface area contributed by atoms with Crippen LogP contribution in [0.1, 0.15) is 22.3 Å². The molecule has 1 aromatic heterocycles. The first-order chi connectivity index (χ1) is 25.8. The molecule has 2 aliphatic rings. The molecule has 0 saturated carbocycles. The van der Waals surface area contributed by atoms with Crippen LogP contribution in [-0.4, -0.2) is 0 Å². The molecule has 8 aromatic carbocycles. The average Bonchev–Trinajstić information content (AvgIpc) is 3.73. The third kappa shape index (κ3) is 4.14. The van der Waals surface area contributed by atoms with E-state index in [1.807, 2.05) is 17.8 Å². The number of anilines is 3. The molecular formula is C49H31NOS. The number of fused-ring (bicyclic) bond motifs is 12. The van der Waals surface area contributed by atoms with Gasteiger partial charge in [0.15, 0.2) is 0 Å². The first-order valence-electron chi connectivity index (χ1n) is 17.8. The van der Waals surface area contributed by atoms with Gasteiger partial charge in [-0.25, -0.2) is 0 Å². The van der Waals surface area contributed by atoms with Crippen molar-refractivity contribution in [2.75, 3.05) is 4.90 Å². The Morgan fingerprint density at radius 1 is 0.404 bits per heavy atom. The van der Waals surface area contributed by atoms with Crippen LogP contribution in [0.2, 0.25) is 0 Å². The van der Waals surface area contributed by atoms with E-state index in [4.69, 9.17) is 4.42 Å². The summed E-state index contributed by atoms with van der Waals surface area (Å²) < 4.78 is 6.58. The molecular weight excluding hydrogens is 651 g/mol. The van der Waals surface area contributed by atoms with Gasteiger partial charge in [-0.05, 0) is 87.5 Å². The van der Waals surface area contributed by atoms with E-state index in [1.165, 1.54) is 43.2 Å². The van der Waals surface area contributed by atoms with E-state index in [9.17, 15) is 0 Å². The highest BCUT2D eigenvalue weighted by atomic mass is 32.2. The molecule has 2 heterocycles. The monoisotopic (exact) mass is 681 g/mol. The normalized spacial score (nSPS) is 13.5. The SMILES string of the molecule is c1ccc(-c2cc(N(c3ccccc3)c3ccc4c(c3)Sc3ccccc3C43c4ccccc4-c4ccccc43)cc3c2oc2ccccc23)cc1. The van der Waals surface area contributed by atoms with E-state index in [1.54, 1.807) is 0 Å². The molecule has 0 radical (unpaired) electrons. The lowest BCUT2D eigenvalue weighted by Crippen LogP contribution is -2.32. The summed E-state index contributed by atoms with van der Waals surface area (Å²) >= 11 is 1.88. The molecule has 1 spiro atoms. The van der Waals surface area contributed by atoms with Gasteiger partial charge in [-0.3, -0.25) is 0 Å². The summed E-state index contributed by atoms with van der Waals surface area (Å²) in [5.41, 5.74) is 14.9. The minimum Gasteiger partial charge on any atom is -0.455 e. The molecule has 11 rings (SSSR count). The van der Waals surface area contributed by atoms with Crippen LogP contribution in [0.25, 0.3) is 44.2 Å². The zero-order valence-electron chi connectivity index (χ0n) is 28.2. The predicted octanol–water partition coefficient (Wildman–Crippen LogP) is 13.6. The van der Waals surface area contributed by atoms with E-state index >= 15 is 0 Å². The summed E-state index contributed by atoms with van der Waals surface area (Å²) in [6, 6.07) is 68.4. The second kappa shape index (κ2) is 11.4. The standard InChI is InChI=1S/C49H31NOS/c1-3-15-32(16-4-1)39-29-35(30-40-38-21-9-13-25-45(38)51-48(39)40)50(33-17-5-2-6-18-33)34-27-28-44-47(31-34)52-46-26-14-12-24-43(46)49(44)41-22-10-7-19-36(41)37-20-8-11-23-42(37)49/h1-31H. The number of nitrogens with zero attached hydrogens (tertiary/aromatic N) is 1. The number of rotatable bonds is 4. The lowest BCUT2D eigenvalue weighted by atomic mass is 9.67. The molecule has 9 aromatic rings. The highest BCUT2D eigenvalue weighted by Gasteiger charge is 2.50. The number of para-hydroxylation sites is 2. The lowest BCUT2D eigenvalue weighted by Gasteiger charge is -2.40. The van der Waals surface area contributed by atoms with Crippen LogP contribution < -0.4 is 4.90 Å². The Bertz CT molecular complexity index is 2790. The maximum atomic E-state index is 6.58. The third-order valence-corrected chi connectivity index (χ3v) is 12.0. The lowest BCUT2D eigenvalue weighted by molar-refractivity contribution is 0.670. The second-order valence-electron chi connectivity index (χ2n) is 13.6. The summed E-state index contributed by atoms with van der Waals surface area (Å²) in [5.74, 6) is 0. The quantitative estimate of drug-likeness (QED) is 0.184. The van der Waals surface area contributed by atoms with Crippen molar-refractivity contribution in [2.45, 2.75) is 15.2 Å². The maximum absolute atomic E-state index is 6.58. The molecule has 0 atom stereocenters. The van der Waals surface area contributed by atoms with Gasteiger partial charge in [0.25, 0.3) is 0 Å². The molecule has 0 unspecified atom stereocenters. The van der Waals surface area contributed by atoms with Crippen molar-refractivity contribution in [3.05, 3.63) is 210 Å². The molecule has 0 saturated heterocycles. The largest absolute Gasteiger partial charge is 0.455 e. The van der Waals surface area contributed by atoms with Crippen LogP contribution in [0, 0.1) is 0 Å².